The second kappa shape index (κ2) is 9.31. The van der Waals surface area contributed by atoms with E-state index in [1.165, 1.54) is 0 Å². The van der Waals surface area contributed by atoms with Crippen molar-refractivity contribution in [1.82, 2.24) is 0 Å². The molecule has 27 heavy (non-hydrogen) atoms. The maximum absolute atomic E-state index is 12.8. The molecule has 0 fully saturated rings. The third-order valence-corrected chi connectivity index (χ3v) is 4.49. The van der Waals surface area contributed by atoms with Gasteiger partial charge in [-0.1, -0.05) is 6.07 Å². The Labute approximate surface area is 161 Å². The number of benzene rings is 2. The Morgan fingerprint density at radius 3 is 1.89 bits per heavy atom. The van der Waals surface area contributed by atoms with Gasteiger partial charge in [0.05, 0.1) is 21.3 Å². The van der Waals surface area contributed by atoms with E-state index in [0.717, 1.165) is 22.4 Å². The van der Waals surface area contributed by atoms with Crippen LogP contribution in [-0.4, -0.2) is 33.8 Å². The molecule has 146 valence electrons. The lowest BCUT2D eigenvalue weighted by atomic mass is 10.1. The molecule has 5 heteroatoms. The van der Waals surface area contributed by atoms with Crippen LogP contribution < -0.4 is 19.1 Å². The van der Waals surface area contributed by atoms with Crippen LogP contribution in [0.15, 0.2) is 30.3 Å². The minimum absolute atomic E-state index is 0.0938. The number of carbonyl (C=O) groups excluding carboxylic acids is 1. The molecule has 5 nitrogen and oxygen atoms in total. The van der Waals surface area contributed by atoms with Gasteiger partial charge in [0.15, 0.2) is 11.5 Å². The van der Waals surface area contributed by atoms with Crippen molar-refractivity contribution in [3.05, 3.63) is 47.0 Å². The number of ether oxygens (including phenoxy) is 3. The smallest absolute Gasteiger partial charge is 0.227 e. The second-order valence-electron chi connectivity index (χ2n) is 6.52. The SMILES string of the molecule is CCN(C(=O)CCc1cc(OC)c(OC)c(OC)c1)c1cc(C)cc(C)c1. The van der Waals surface area contributed by atoms with Crippen LogP contribution in [0.5, 0.6) is 17.2 Å². The summed E-state index contributed by atoms with van der Waals surface area (Å²) < 4.78 is 16.1. The monoisotopic (exact) mass is 371 g/mol. The van der Waals surface area contributed by atoms with Gasteiger partial charge >= 0.3 is 0 Å². The first kappa shape index (κ1) is 20.6. The molecule has 2 aromatic carbocycles. The van der Waals surface area contributed by atoms with E-state index < -0.39 is 0 Å². The molecule has 0 saturated carbocycles. The average molecular weight is 371 g/mol. The van der Waals surface area contributed by atoms with E-state index >= 15 is 0 Å². The van der Waals surface area contributed by atoms with Crippen molar-refractivity contribution in [3.8, 4) is 17.2 Å². The summed E-state index contributed by atoms with van der Waals surface area (Å²) in [6.45, 7) is 6.72. The maximum Gasteiger partial charge on any atom is 0.227 e. The molecule has 0 bridgehead atoms. The Morgan fingerprint density at radius 1 is 0.889 bits per heavy atom. The Kier molecular flexibility index (Phi) is 7.11. The molecule has 0 atom stereocenters. The van der Waals surface area contributed by atoms with Crippen LogP contribution in [0.4, 0.5) is 5.69 Å². The molecule has 0 spiro atoms. The Balaban J connectivity index is 2.18. The van der Waals surface area contributed by atoms with Crippen LogP contribution in [0.25, 0.3) is 0 Å². The summed E-state index contributed by atoms with van der Waals surface area (Å²) in [4.78, 5) is 14.7. The third-order valence-electron chi connectivity index (χ3n) is 4.49. The number of carbonyl (C=O) groups is 1. The zero-order chi connectivity index (χ0) is 20.0. The lowest BCUT2D eigenvalue weighted by Crippen LogP contribution is -2.30. The van der Waals surface area contributed by atoms with Crippen LogP contribution >= 0.6 is 0 Å². The maximum atomic E-state index is 12.8. The standard InChI is InChI=1S/C22H29NO4/c1-7-23(18-11-15(2)10-16(3)12-18)21(24)9-8-17-13-19(25-4)22(27-6)20(14-17)26-5/h10-14H,7-9H2,1-6H3. The highest BCUT2D eigenvalue weighted by Crippen LogP contribution is 2.38. The molecule has 0 radical (unpaired) electrons. The molecular formula is C22H29NO4. The van der Waals surface area contributed by atoms with Crippen LogP contribution in [-0.2, 0) is 11.2 Å². The van der Waals surface area contributed by atoms with Gasteiger partial charge in [-0.2, -0.15) is 0 Å². The lowest BCUT2D eigenvalue weighted by Gasteiger charge is -2.22. The van der Waals surface area contributed by atoms with Crippen molar-refractivity contribution in [2.24, 2.45) is 0 Å². The van der Waals surface area contributed by atoms with Gasteiger partial charge in [-0.25, -0.2) is 0 Å². The van der Waals surface area contributed by atoms with Gasteiger partial charge < -0.3 is 19.1 Å². The molecule has 1 amide bonds. The molecule has 0 aliphatic heterocycles. The summed E-state index contributed by atoms with van der Waals surface area (Å²) in [5.41, 5.74) is 4.22. The first-order valence-electron chi connectivity index (χ1n) is 9.11. The Morgan fingerprint density at radius 2 is 1.44 bits per heavy atom. The van der Waals surface area contributed by atoms with Crippen LogP contribution in [0.1, 0.15) is 30.0 Å². The van der Waals surface area contributed by atoms with Gasteiger partial charge in [0.1, 0.15) is 0 Å². The fourth-order valence-electron chi connectivity index (χ4n) is 3.28. The minimum atomic E-state index is 0.0938. The second-order valence-corrected chi connectivity index (χ2v) is 6.52. The Hall–Kier alpha value is -2.69. The van der Waals surface area contributed by atoms with Crippen LogP contribution in [0, 0.1) is 13.8 Å². The van der Waals surface area contributed by atoms with Gasteiger partial charge in [-0.05, 0) is 68.1 Å². The van der Waals surface area contributed by atoms with Crippen molar-refractivity contribution in [1.29, 1.82) is 0 Å². The van der Waals surface area contributed by atoms with Crippen molar-refractivity contribution < 1.29 is 19.0 Å². The molecule has 0 saturated heterocycles. The number of methoxy groups -OCH3 is 3. The highest BCUT2D eigenvalue weighted by atomic mass is 16.5. The van der Waals surface area contributed by atoms with Gasteiger partial charge in [-0.15, -0.1) is 0 Å². The highest BCUT2D eigenvalue weighted by Gasteiger charge is 2.17. The molecule has 0 aliphatic rings. The number of nitrogens with zero attached hydrogens (tertiary/aromatic N) is 1. The fourth-order valence-corrected chi connectivity index (χ4v) is 3.28. The van der Waals surface area contributed by atoms with E-state index in [1.807, 2.05) is 49.9 Å². The summed E-state index contributed by atoms with van der Waals surface area (Å²) in [5, 5.41) is 0. The quantitative estimate of drug-likeness (QED) is 0.694. The summed E-state index contributed by atoms with van der Waals surface area (Å²) in [7, 11) is 4.75. The number of aryl methyl sites for hydroxylation is 3. The van der Waals surface area contributed by atoms with E-state index in [4.69, 9.17) is 14.2 Å². The van der Waals surface area contributed by atoms with E-state index in [2.05, 4.69) is 6.07 Å². The van der Waals surface area contributed by atoms with Crippen LogP contribution in [0.3, 0.4) is 0 Å². The molecule has 0 N–H and O–H groups in total. The molecule has 0 heterocycles. The number of amides is 1. The van der Waals surface area contributed by atoms with Gasteiger partial charge in [0, 0.05) is 18.7 Å². The predicted molar refractivity (Wildman–Crippen MR) is 108 cm³/mol. The van der Waals surface area contributed by atoms with E-state index in [1.54, 1.807) is 21.3 Å². The topological polar surface area (TPSA) is 48.0 Å². The van der Waals surface area contributed by atoms with Crippen molar-refractivity contribution in [2.45, 2.75) is 33.6 Å². The molecular weight excluding hydrogens is 342 g/mol. The number of anilines is 1. The normalized spacial score (nSPS) is 10.4. The summed E-state index contributed by atoms with van der Waals surface area (Å²) in [6, 6.07) is 9.99. The van der Waals surface area contributed by atoms with Gasteiger partial charge in [0.25, 0.3) is 0 Å². The third kappa shape index (κ3) is 4.94. The predicted octanol–water partition coefficient (Wildman–Crippen LogP) is 4.31. The summed E-state index contributed by atoms with van der Waals surface area (Å²) >= 11 is 0. The average Bonchev–Trinajstić information content (AvgIpc) is 2.65. The van der Waals surface area contributed by atoms with Gasteiger partial charge in [0.2, 0.25) is 11.7 Å². The minimum Gasteiger partial charge on any atom is -0.493 e. The van der Waals surface area contributed by atoms with E-state index in [9.17, 15) is 4.79 Å². The molecule has 0 aliphatic carbocycles. The fraction of sp³-hybridized carbons (Fsp3) is 0.409. The largest absolute Gasteiger partial charge is 0.493 e. The molecule has 0 unspecified atom stereocenters. The molecule has 2 rings (SSSR count). The van der Waals surface area contributed by atoms with Crippen molar-refractivity contribution in [2.75, 3.05) is 32.8 Å². The Bertz CT molecular complexity index is 756. The highest BCUT2D eigenvalue weighted by molar-refractivity contribution is 5.93. The number of rotatable bonds is 8. The number of hydrogen-bond donors (Lipinski definition) is 0. The zero-order valence-corrected chi connectivity index (χ0v) is 17.1. The van der Waals surface area contributed by atoms with Crippen molar-refractivity contribution in [3.63, 3.8) is 0 Å². The first-order chi connectivity index (χ1) is 12.9. The first-order valence-corrected chi connectivity index (χ1v) is 9.11. The molecule has 2 aromatic rings. The lowest BCUT2D eigenvalue weighted by molar-refractivity contribution is -0.118. The molecule has 0 aromatic heterocycles. The summed E-state index contributed by atoms with van der Waals surface area (Å²) in [6.07, 6.45) is 0.996. The van der Waals surface area contributed by atoms with E-state index in [0.29, 0.717) is 36.6 Å². The zero-order valence-electron chi connectivity index (χ0n) is 17.1. The van der Waals surface area contributed by atoms with Crippen molar-refractivity contribution >= 4 is 11.6 Å². The summed E-state index contributed by atoms with van der Waals surface area (Å²) in [5.74, 6) is 1.85. The van der Waals surface area contributed by atoms with E-state index in [-0.39, 0.29) is 5.91 Å². The van der Waals surface area contributed by atoms with Crippen LogP contribution in [0.2, 0.25) is 0 Å². The van der Waals surface area contributed by atoms with Gasteiger partial charge in [-0.3, -0.25) is 4.79 Å². The number of hydrogen-bond acceptors (Lipinski definition) is 4.